The van der Waals surface area contributed by atoms with Crippen molar-refractivity contribution in [1.82, 2.24) is 0 Å². The van der Waals surface area contributed by atoms with Gasteiger partial charge < -0.3 is 33.8 Å². The van der Waals surface area contributed by atoms with Gasteiger partial charge in [0.2, 0.25) is 0 Å². The predicted molar refractivity (Wildman–Crippen MR) is 354 cm³/mol. The molecule has 0 radical (unpaired) electrons. The topological polar surface area (TPSA) is 237 Å². The minimum absolute atomic E-state index is 0.105. The van der Waals surface area contributed by atoms with Gasteiger partial charge in [-0.3, -0.25) is 37.3 Å². The smallest absolute Gasteiger partial charge is 0.462 e. The van der Waals surface area contributed by atoms with Crippen LogP contribution in [0.25, 0.3) is 0 Å². The first-order valence-electron chi connectivity index (χ1n) is 35.8. The summed E-state index contributed by atoms with van der Waals surface area (Å²) in [7, 11) is -9.90. The van der Waals surface area contributed by atoms with Gasteiger partial charge in [-0.1, -0.05) is 292 Å². The van der Waals surface area contributed by atoms with Crippen LogP contribution in [-0.4, -0.2) is 96.7 Å². The molecule has 19 heteroatoms. The lowest BCUT2D eigenvalue weighted by Crippen LogP contribution is -2.30. The zero-order valence-corrected chi connectivity index (χ0v) is 59.0. The lowest BCUT2D eigenvalue weighted by Gasteiger charge is -2.21. The van der Waals surface area contributed by atoms with E-state index in [2.05, 4.69) is 48.5 Å². The molecule has 0 saturated heterocycles. The van der Waals surface area contributed by atoms with Crippen LogP contribution in [-0.2, 0) is 65.4 Å². The van der Waals surface area contributed by atoms with Gasteiger partial charge in [0.1, 0.15) is 19.3 Å². The number of carbonyl (C=O) groups excluding carboxylic acids is 4. The number of aliphatic hydroxyl groups is 1. The van der Waals surface area contributed by atoms with Gasteiger partial charge in [-0.05, 0) is 43.4 Å². The Hall–Kier alpha value is -1.94. The highest BCUT2D eigenvalue weighted by Gasteiger charge is 2.30. The Labute approximate surface area is 537 Å². The normalized spacial score (nSPS) is 14.2. The van der Waals surface area contributed by atoms with Gasteiger partial charge >= 0.3 is 39.5 Å². The Morgan fingerprint density at radius 1 is 0.307 bits per heavy atom. The van der Waals surface area contributed by atoms with Crippen LogP contribution in [0, 0.1) is 17.8 Å². The van der Waals surface area contributed by atoms with Gasteiger partial charge in [0.25, 0.3) is 0 Å². The van der Waals surface area contributed by atoms with Crippen LogP contribution in [0.2, 0.25) is 0 Å². The number of hydrogen-bond acceptors (Lipinski definition) is 15. The number of hydrogen-bond donors (Lipinski definition) is 3. The molecule has 0 saturated carbocycles. The molecule has 2 unspecified atom stereocenters. The summed E-state index contributed by atoms with van der Waals surface area (Å²) in [5.74, 6) is 0.157. The van der Waals surface area contributed by atoms with Gasteiger partial charge in [-0.15, -0.1) is 0 Å². The van der Waals surface area contributed by atoms with Crippen LogP contribution in [0.15, 0.2) is 0 Å². The van der Waals surface area contributed by atoms with E-state index in [0.717, 1.165) is 120 Å². The summed E-state index contributed by atoms with van der Waals surface area (Å²) in [6.07, 6.45) is 43.1. The van der Waals surface area contributed by atoms with E-state index < -0.39 is 97.5 Å². The van der Waals surface area contributed by atoms with E-state index in [9.17, 15) is 43.2 Å². The molecule has 0 aliphatic rings. The molecule has 0 aliphatic heterocycles. The second-order valence-electron chi connectivity index (χ2n) is 26.3. The van der Waals surface area contributed by atoms with Crippen LogP contribution in [0.5, 0.6) is 0 Å². The first kappa shape index (κ1) is 86.1. The Kier molecular flexibility index (Phi) is 58.7. The Morgan fingerprint density at radius 3 is 0.773 bits per heavy atom. The molecule has 0 aliphatic carbocycles. The number of esters is 4. The molecule has 522 valence electrons. The lowest BCUT2D eigenvalue weighted by molar-refractivity contribution is -0.161. The maximum Gasteiger partial charge on any atom is 0.472 e. The monoisotopic (exact) mass is 1300 g/mol. The SMILES string of the molecule is CCCCCCCCCC(=O)OC[C@H](COP(=O)(O)OC[C@H](O)COP(=O)(O)OC[C@@H](COC(=O)CCCCCCCCCCCCCC(C)C)OC(=O)CCCCCCCCCCCCCC(C)C)OC(=O)CCCCCCCCCCCCC(C)C. The molecule has 0 bridgehead atoms. The molecular weight excluding hydrogens is 1160 g/mol. The molecule has 0 spiro atoms. The van der Waals surface area contributed by atoms with Gasteiger partial charge in [0.15, 0.2) is 12.2 Å². The summed E-state index contributed by atoms with van der Waals surface area (Å²) in [6, 6.07) is 0. The van der Waals surface area contributed by atoms with Crippen molar-refractivity contribution in [3.8, 4) is 0 Å². The van der Waals surface area contributed by atoms with Gasteiger partial charge in [0, 0.05) is 25.7 Å². The zero-order valence-electron chi connectivity index (χ0n) is 57.2. The number of unbranched alkanes of at least 4 members (excludes halogenated alkanes) is 35. The fraction of sp³-hybridized carbons (Fsp3) is 0.942. The van der Waals surface area contributed by atoms with E-state index in [1.165, 1.54) is 141 Å². The summed E-state index contributed by atoms with van der Waals surface area (Å²) >= 11 is 0. The molecule has 3 N–H and O–H groups in total. The largest absolute Gasteiger partial charge is 0.472 e. The summed E-state index contributed by atoms with van der Waals surface area (Å²) in [5.41, 5.74) is 0. The predicted octanol–water partition coefficient (Wildman–Crippen LogP) is 19.5. The van der Waals surface area contributed by atoms with Crippen molar-refractivity contribution in [3.63, 3.8) is 0 Å². The Bertz CT molecular complexity index is 1730. The number of phosphoric acid groups is 2. The van der Waals surface area contributed by atoms with Crippen LogP contribution in [0.1, 0.15) is 344 Å². The van der Waals surface area contributed by atoms with Crippen LogP contribution >= 0.6 is 15.6 Å². The molecule has 0 heterocycles. The minimum Gasteiger partial charge on any atom is -0.462 e. The third kappa shape index (κ3) is 62.8. The second kappa shape index (κ2) is 60.0. The summed E-state index contributed by atoms with van der Waals surface area (Å²) < 4.78 is 68.2. The highest BCUT2D eigenvalue weighted by atomic mass is 31.2. The molecule has 0 aromatic carbocycles. The first-order chi connectivity index (χ1) is 42.2. The first-order valence-corrected chi connectivity index (χ1v) is 38.8. The van der Waals surface area contributed by atoms with E-state index in [4.69, 9.17) is 37.0 Å². The maximum atomic E-state index is 13.0. The zero-order chi connectivity index (χ0) is 65.2. The molecule has 0 amide bonds. The van der Waals surface area contributed by atoms with Gasteiger partial charge in [-0.2, -0.15) is 0 Å². The lowest BCUT2D eigenvalue weighted by atomic mass is 10.0. The van der Waals surface area contributed by atoms with Crippen molar-refractivity contribution in [1.29, 1.82) is 0 Å². The second-order valence-corrected chi connectivity index (χ2v) is 29.3. The highest BCUT2D eigenvalue weighted by molar-refractivity contribution is 7.47. The van der Waals surface area contributed by atoms with Crippen molar-refractivity contribution in [3.05, 3.63) is 0 Å². The van der Waals surface area contributed by atoms with Crippen molar-refractivity contribution in [2.45, 2.75) is 362 Å². The van der Waals surface area contributed by atoms with E-state index in [1.54, 1.807) is 0 Å². The summed E-state index contributed by atoms with van der Waals surface area (Å²) in [5, 5.41) is 10.6. The quantitative estimate of drug-likeness (QED) is 0.0222. The number of ether oxygens (including phenoxy) is 4. The third-order valence-corrected chi connectivity index (χ3v) is 17.8. The number of phosphoric ester groups is 2. The van der Waals surface area contributed by atoms with E-state index in [0.29, 0.717) is 25.7 Å². The Morgan fingerprint density at radius 2 is 0.523 bits per heavy atom. The molecule has 88 heavy (non-hydrogen) atoms. The van der Waals surface area contributed by atoms with Crippen molar-refractivity contribution in [2.24, 2.45) is 17.8 Å². The van der Waals surface area contributed by atoms with E-state index in [1.807, 2.05) is 0 Å². The van der Waals surface area contributed by atoms with Gasteiger partial charge in [0.05, 0.1) is 26.4 Å². The summed E-state index contributed by atoms with van der Waals surface area (Å²) in [6.45, 7) is 11.8. The molecule has 0 rings (SSSR count). The Balaban J connectivity index is 5.22. The maximum absolute atomic E-state index is 13.0. The van der Waals surface area contributed by atoms with E-state index in [-0.39, 0.29) is 25.7 Å². The molecule has 0 aromatic heterocycles. The van der Waals surface area contributed by atoms with Crippen molar-refractivity contribution in [2.75, 3.05) is 39.6 Å². The fourth-order valence-electron chi connectivity index (χ4n) is 10.4. The van der Waals surface area contributed by atoms with Crippen molar-refractivity contribution < 1.29 is 80.2 Å². The van der Waals surface area contributed by atoms with Crippen LogP contribution < -0.4 is 0 Å². The number of carbonyl (C=O) groups is 4. The molecule has 17 nitrogen and oxygen atoms in total. The van der Waals surface area contributed by atoms with Crippen molar-refractivity contribution >= 4 is 39.5 Å². The fourth-order valence-corrected chi connectivity index (χ4v) is 11.9. The molecule has 0 aromatic rings. The summed E-state index contributed by atoms with van der Waals surface area (Å²) in [4.78, 5) is 72.4. The standard InChI is InChI=1S/C69H134O17P2/c1-8-9-10-11-26-36-43-50-66(71)79-56-64(85-69(74)53-46-39-32-25-19-18-22-29-35-42-49-62(6)7)58-83-87(75,76)81-54-63(70)55-82-88(77,78)84-59-65(86-68(73)52-45-38-31-24-17-13-15-21-28-34-41-48-61(4)5)57-80-67(72)51-44-37-30-23-16-12-14-20-27-33-40-47-60(2)3/h60-65,70H,8-59H2,1-7H3,(H,75,76)(H,77,78)/t63-,64+,65+/m0/s1. The van der Waals surface area contributed by atoms with Crippen LogP contribution in [0.3, 0.4) is 0 Å². The average Bonchev–Trinajstić information content (AvgIpc) is 3.62. The number of aliphatic hydroxyl groups excluding tert-OH is 1. The van der Waals surface area contributed by atoms with Crippen LogP contribution in [0.4, 0.5) is 0 Å². The molecule has 5 atom stereocenters. The number of rotatable bonds is 67. The molecule has 0 fully saturated rings. The third-order valence-electron chi connectivity index (χ3n) is 15.9. The average molecular weight is 1300 g/mol. The highest BCUT2D eigenvalue weighted by Crippen LogP contribution is 2.45. The minimum atomic E-state index is -4.95. The molecular formula is C69H134O17P2. The van der Waals surface area contributed by atoms with E-state index >= 15 is 0 Å². The van der Waals surface area contributed by atoms with Gasteiger partial charge in [-0.25, -0.2) is 9.13 Å².